The average molecular weight is 384 g/mol. The van der Waals surface area contributed by atoms with E-state index < -0.39 is 0 Å². The lowest BCUT2D eigenvalue weighted by molar-refractivity contribution is 0.0932. The minimum absolute atomic E-state index is 0.246. The Kier molecular flexibility index (Phi) is 6.30. The number of benzene rings is 1. The van der Waals surface area contributed by atoms with Gasteiger partial charge < -0.3 is 15.4 Å². The highest BCUT2D eigenvalue weighted by atomic mass is 35.5. The van der Waals surface area contributed by atoms with Crippen LogP contribution in [0.5, 0.6) is 0 Å². The summed E-state index contributed by atoms with van der Waals surface area (Å²) in [6.45, 7) is 0.885. The summed E-state index contributed by atoms with van der Waals surface area (Å²) in [5.74, 6) is 0.195. The molecule has 2 N–H and O–H groups in total. The van der Waals surface area contributed by atoms with Gasteiger partial charge in [-0.25, -0.2) is 9.97 Å². The number of carbonyl (C=O) groups excluding carboxylic acids is 1. The van der Waals surface area contributed by atoms with Crippen LogP contribution >= 0.6 is 11.6 Å². The third kappa shape index (κ3) is 5.22. The van der Waals surface area contributed by atoms with Crippen molar-refractivity contribution >= 4 is 29.1 Å². The van der Waals surface area contributed by atoms with Gasteiger partial charge in [0.15, 0.2) is 0 Å². The molecule has 0 saturated carbocycles. The summed E-state index contributed by atoms with van der Waals surface area (Å²) in [4.78, 5) is 24.9. The Balaban J connectivity index is 1.72. The lowest BCUT2D eigenvalue weighted by atomic mass is 10.2. The molecule has 0 aliphatic carbocycles. The zero-order valence-corrected chi connectivity index (χ0v) is 15.4. The number of pyridine rings is 1. The molecule has 1 aromatic carbocycles. The zero-order valence-electron chi connectivity index (χ0n) is 14.6. The van der Waals surface area contributed by atoms with E-state index in [2.05, 4.69) is 25.6 Å². The van der Waals surface area contributed by atoms with E-state index in [-0.39, 0.29) is 5.91 Å². The van der Waals surface area contributed by atoms with Crippen LogP contribution in [0.15, 0.2) is 54.9 Å². The number of nitrogens with one attached hydrogen (secondary N) is 2. The second kappa shape index (κ2) is 9.07. The van der Waals surface area contributed by atoms with Crippen molar-refractivity contribution < 1.29 is 9.53 Å². The number of aromatic nitrogens is 3. The maximum absolute atomic E-state index is 12.0. The Bertz CT molecular complexity index is 918. The van der Waals surface area contributed by atoms with Gasteiger partial charge in [0.2, 0.25) is 5.95 Å². The van der Waals surface area contributed by atoms with Crippen molar-refractivity contribution in [3.63, 3.8) is 0 Å². The molecule has 27 heavy (non-hydrogen) atoms. The summed E-state index contributed by atoms with van der Waals surface area (Å²) in [5.41, 5.74) is 2.59. The molecule has 3 aromatic rings. The predicted molar refractivity (Wildman–Crippen MR) is 104 cm³/mol. The third-order valence-electron chi connectivity index (χ3n) is 3.62. The molecule has 0 unspecified atom stereocenters. The van der Waals surface area contributed by atoms with E-state index in [0.717, 1.165) is 11.3 Å². The molecular formula is C19H18ClN5O2. The maximum Gasteiger partial charge on any atom is 0.269 e. The van der Waals surface area contributed by atoms with Gasteiger partial charge in [0.25, 0.3) is 5.91 Å². The Morgan fingerprint density at radius 2 is 2.07 bits per heavy atom. The normalized spacial score (nSPS) is 10.4. The van der Waals surface area contributed by atoms with Crippen molar-refractivity contribution in [1.82, 2.24) is 20.3 Å². The van der Waals surface area contributed by atoms with E-state index in [0.29, 0.717) is 35.5 Å². The molecule has 0 fully saturated rings. The number of nitrogens with zero attached hydrogens (tertiary/aromatic N) is 3. The van der Waals surface area contributed by atoms with Crippen molar-refractivity contribution in [3.8, 4) is 11.3 Å². The van der Waals surface area contributed by atoms with Gasteiger partial charge in [0.1, 0.15) is 5.69 Å². The fraction of sp³-hybridized carbons (Fsp3) is 0.158. The lowest BCUT2D eigenvalue weighted by Crippen LogP contribution is -2.27. The first-order valence-corrected chi connectivity index (χ1v) is 8.63. The quantitative estimate of drug-likeness (QED) is 0.608. The third-order valence-corrected chi connectivity index (χ3v) is 3.86. The highest BCUT2D eigenvalue weighted by molar-refractivity contribution is 6.30. The summed E-state index contributed by atoms with van der Waals surface area (Å²) >= 11 is 5.99. The van der Waals surface area contributed by atoms with Crippen molar-refractivity contribution in [3.05, 3.63) is 65.6 Å². The predicted octanol–water partition coefficient (Wildman–Crippen LogP) is 3.31. The first-order valence-electron chi connectivity index (χ1n) is 8.25. The highest BCUT2D eigenvalue weighted by Gasteiger charge is 2.08. The van der Waals surface area contributed by atoms with E-state index in [1.54, 1.807) is 49.8 Å². The topological polar surface area (TPSA) is 89.0 Å². The van der Waals surface area contributed by atoms with Gasteiger partial charge >= 0.3 is 0 Å². The van der Waals surface area contributed by atoms with Gasteiger partial charge in [-0.15, -0.1) is 0 Å². The van der Waals surface area contributed by atoms with Gasteiger partial charge in [0, 0.05) is 42.3 Å². The molecule has 0 aliphatic rings. The van der Waals surface area contributed by atoms with E-state index in [1.807, 2.05) is 12.1 Å². The van der Waals surface area contributed by atoms with Crippen LogP contribution in [0.25, 0.3) is 11.3 Å². The second-order valence-corrected chi connectivity index (χ2v) is 6.02. The molecule has 0 aliphatic heterocycles. The van der Waals surface area contributed by atoms with Crippen LogP contribution in [-0.2, 0) is 4.74 Å². The number of amides is 1. The van der Waals surface area contributed by atoms with Crippen molar-refractivity contribution in [2.75, 3.05) is 25.6 Å². The minimum atomic E-state index is -0.246. The Morgan fingerprint density at radius 3 is 2.81 bits per heavy atom. The Morgan fingerprint density at radius 1 is 1.19 bits per heavy atom. The first-order chi connectivity index (χ1) is 13.2. The summed E-state index contributed by atoms with van der Waals surface area (Å²) < 4.78 is 4.90. The van der Waals surface area contributed by atoms with Crippen LogP contribution in [0.3, 0.4) is 0 Å². The van der Waals surface area contributed by atoms with Crippen LogP contribution in [0, 0.1) is 0 Å². The first kappa shape index (κ1) is 18.8. The lowest BCUT2D eigenvalue weighted by Gasteiger charge is -2.07. The standard InChI is InChI=1S/C19H18ClN5O2/c1-27-10-9-21-18(26)17-6-5-13(12-23-17)16-7-8-22-19(25-16)24-15-4-2-3-14(20)11-15/h2-8,11-12H,9-10H2,1H3,(H,21,26)(H,22,24,25). The molecule has 1 amide bonds. The number of hydrogen-bond acceptors (Lipinski definition) is 6. The molecule has 0 radical (unpaired) electrons. The summed E-state index contributed by atoms with van der Waals surface area (Å²) in [7, 11) is 1.58. The average Bonchev–Trinajstić information content (AvgIpc) is 2.68. The monoisotopic (exact) mass is 383 g/mol. The van der Waals surface area contributed by atoms with Gasteiger partial charge in [-0.3, -0.25) is 9.78 Å². The molecule has 0 spiro atoms. The van der Waals surface area contributed by atoms with Gasteiger partial charge in [-0.2, -0.15) is 0 Å². The molecule has 0 atom stereocenters. The molecule has 138 valence electrons. The molecule has 2 heterocycles. The second-order valence-electron chi connectivity index (χ2n) is 5.58. The van der Waals surface area contributed by atoms with Crippen LogP contribution < -0.4 is 10.6 Å². The van der Waals surface area contributed by atoms with Gasteiger partial charge in [-0.1, -0.05) is 17.7 Å². The Labute approximate surface area is 161 Å². The van der Waals surface area contributed by atoms with Crippen molar-refractivity contribution in [2.45, 2.75) is 0 Å². The summed E-state index contributed by atoms with van der Waals surface area (Å²) in [6.07, 6.45) is 3.26. The number of methoxy groups -OCH3 is 1. The number of hydrogen-bond donors (Lipinski definition) is 2. The van der Waals surface area contributed by atoms with E-state index in [4.69, 9.17) is 16.3 Å². The van der Waals surface area contributed by atoms with Gasteiger partial charge in [0.05, 0.1) is 12.3 Å². The van der Waals surface area contributed by atoms with Crippen LogP contribution in [0.4, 0.5) is 11.6 Å². The zero-order chi connectivity index (χ0) is 19.1. The van der Waals surface area contributed by atoms with E-state index in [1.165, 1.54) is 0 Å². The molecule has 0 bridgehead atoms. The van der Waals surface area contributed by atoms with Crippen LogP contribution in [0.2, 0.25) is 5.02 Å². The molecule has 3 rings (SSSR count). The van der Waals surface area contributed by atoms with Crippen LogP contribution in [0.1, 0.15) is 10.5 Å². The van der Waals surface area contributed by atoms with Crippen LogP contribution in [-0.4, -0.2) is 41.1 Å². The largest absolute Gasteiger partial charge is 0.383 e. The SMILES string of the molecule is COCCNC(=O)c1ccc(-c2ccnc(Nc3cccc(Cl)c3)n2)cn1. The summed E-state index contributed by atoms with van der Waals surface area (Å²) in [6, 6.07) is 12.5. The summed E-state index contributed by atoms with van der Waals surface area (Å²) in [5, 5.41) is 6.46. The smallest absolute Gasteiger partial charge is 0.269 e. The highest BCUT2D eigenvalue weighted by Crippen LogP contribution is 2.21. The number of halogens is 1. The molecular weight excluding hydrogens is 366 g/mol. The van der Waals surface area contributed by atoms with E-state index in [9.17, 15) is 4.79 Å². The fourth-order valence-corrected chi connectivity index (χ4v) is 2.50. The number of anilines is 2. The fourth-order valence-electron chi connectivity index (χ4n) is 2.31. The molecule has 2 aromatic heterocycles. The van der Waals surface area contributed by atoms with Crippen molar-refractivity contribution in [2.24, 2.45) is 0 Å². The number of ether oxygens (including phenoxy) is 1. The molecule has 0 saturated heterocycles. The number of carbonyl (C=O) groups is 1. The van der Waals surface area contributed by atoms with E-state index >= 15 is 0 Å². The Hall–Kier alpha value is -3.03. The van der Waals surface area contributed by atoms with Gasteiger partial charge in [-0.05, 0) is 36.4 Å². The number of rotatable bonds is 7. The van der Waals surface area contributed by atoms with Crippen molar-refractivity contribution in [1.29, 1.82) is 0 Å². The molecule has 7 nitrogen and oxygen atoms in total. The molecule has 8 heteroatoms. The minimum Gasteiger partial charge on any atom is -0.383 e. The maximum atomic E-state index is 12.0.